The Morgan fingerprint density at radius 3 is 2.64 bits per heavy atom. The van der Waals surface area contributed by atoms with Crippen molar-refractivity contribution < 1.29 is 19.4 Å². The molecule has 0 aliphatic carbocycles. The van der Waals surface area contributed by atoms with E-state index in [0.29, 0.717) is 19.5 Å². The van der Waals surface area contributed by atoms with E-state index in [0.717, 1.165) is 24.2 Å². The second-order valence-electron chi connectivity index (χ2n) is 6.34. The molecule has 1 aromatic rings. The van der Waals surface area contributed by atoms with Crippen LogP contribution < -0.4 is 10.1 Å². The maximum absolute atomic E-state index is 12.6. The summed E-state index contributed by atoms with van der Waals surface area (Å²) in [5.74, 6) is 0.242. The van der Waals surface area contributed by atoms with E-state index in [1.165, 1.54) is 0 Å². The fourth-order valence-corrected chi connectivity index (χ4v) is 3.25. The van der Waals surface area contributed by atoms with Crippen molar-refractivity contribution in [3.05, 3.63) is 29.8 Å². The van der Waals surface area contributed by atoms with Crippen LogP contribution in [0, 0.1) is 5.92 Å². The summed E-state index contributed by atoms with van der Waals surface area (Å²) in [7, 11) is 1.61. The van der Waals surface area contributed by atoms with Crippen LogP contribution in [0.4, 0.5) is 0 Å². The third-order valence-corrected chi connectivity index (χ3v) is 4.61. The molecule has 1 aromatic carbocycles. The number of likely N-dealkylation sites (tertiary alicyclic amines) is 1. The Balaban J connectivity index is 2.23. The van der Waals surface area contributed by atoms with Gasteiger partial charge in [-0.2, -0.15) is 0 Å². The number of hydrogen-bond acceptors (Lipinski definition) is 4. The van der Waals surface area contributed by atoms with Crippen molar-refractivity contribution in [2.75, 3.05) is 26.8 Å². The summed E-state index contributed by atoms with van der Waals surface area (Å²) in [5.41, 5.74) is 0.949. The summed E-state index contributed by atoms with van der Waals surface area (Å²) in [4.78, 5) is 26.9. The minimum absolute atomic E-state index is 0.0246. The zero-order valence-electron chi connectivity index (χ0n) is 15.0. The molecule has 2 N–H and O–H groups in total. The van der Waals surface area contributed by atoms with Crippen LogP contribution in [-0.2, 0) is 9.59 Å². The molecule has 1 heterocycles. The number of rotatable bonds is 9. The topological polar surface area (TPSA) is 78.9 Å². The lowest BCUT2D eigenvalue weighted by atomic mass is 9.92. The van der Waals surface area contributed by atoms with Gasteiger partial charge >= 0.3 is 0 Å². The highest BCUT2D eigenvalue weighted by molar-refractivity contribution is 5.90. The van der Waals surface area contributed by atoms with Gasteiger partial charge in [-0.3, -0.25) is 9.59 Å². The highest BCUT2D eigenvalue weighted by atomic mass is 16.5. The van der Waals surface area contributed by atoms with Gasteiger partial charge in [-0.15, -0.1) is 0 Å². The lowest BCUT2D eigenvalue weighted by Crippen LogP contribution is -2.36. The van der Waals surface area contributed by atoms with E-state index in [1.807, 2.05) is 29.2 Å². The minimum atomic E-state index is -0.406. The molecule has 1 saturated heterocycles. The smallest absolute Gasteiger partial charge is 0.226 e. The zero-order chi connectivity index (χ0) is 18.2. The Morgan fingerprint density at radius 2 is 2.04 bits per heavy atom. The molecule has 1 aliphatic heterocycles. The number of amides is 2. The van der Waals surface area contributed by atoms with Gasteiger partial charge in [-0.25, -0.2) is 0 Å². The number of ether oxygens (including phenoxy) is 1. The number of carbonyl (C=O) groups excluding carboxylic acids is 2. The Kier molecular flexibility index (Phi) is 7.25. The second-order valence-corrected chi connectivity index (χ2v) is 6.34. The predicted octanol–water partition coefficient (Wildman–Crippen LogP) is 1.88. The quantitative estimate of drug-likeness (QED) is 0.668. The third-order valence-electron chi connectivity index (χ3n) is 4.61. The van der Waals surface area contributed by atoms with Crippen molar-refractivity contribution in [1.82, 2.24) is 10.2 Å². The Hall–Kier alpha value is -2.08. The first-order valence-corrected chi connectivity index (χ1v) is 8.94. The van der Waals surface area contributed by atoms with E-state index in [4.69, 9.17) is 9.84 Å². The molecular weight excluding hydrogens is 320 g/mol. The average molecular weight is 348 g/mol. The fraction of sp³-hybridized carbons (Fsp3) is 0.579. The van der Waals surface area contributed by atoms with Crippen LogP contribution >= 0.6 is 0 Å². The second kappa shape index (κ2) is 9.42. The molecule has 2 rings (SSSR count). The van der Waals surface area contributed by atoms with Gasteiger partial charge in [-0.1, -0.05) is 25.5 Å². The molecule has 1 fully saturated rings. The van der Waals surface area contributed by atoms with Crippen LogP contribution in [0.25, 0.3) is 0 Å². The molecule has 25 heavy (non-hydrogen) atoms. The first-order chi connectivity index (χ1) is 12.1. The van der Waals surface area contributed by atoms with Crippen LogP contribution in [0.5, 0.6) is 5.75 Å². The molecule has 1 aliphatic rings. The number of carbonyl (C=O) groups is 2. The van der Waals surface area contributed by atoms with Gasteiger partial charge in [0.15, 0.2) is 0 Å². The van der Waals surface area contributed by atoms with E-state index in [2.05, 4.69) is 12.2 Å². The monoisotopic (exact) mass is 348 g/mol. The Labute approximate surface area is 149 Å². The highest BCUT2D eigenvalue weighted by Gasteiger charge is 2.43. The SMILES string of the molecule is CCCCN1C(=O)CC(C(=O)NCCCO)C1c1ccc(OC)cc1. The highest BCUT2D eigenvalue weighted by Crippen LogP contribution is 2.39. The summed E-state index contributed by atoms with van der Waals surface area (Å²) < 4.78 is 5.20. The van der Waals surface area contributed by atoms with Crippen LogP contribution in [0.15, 0.2) is 24.3 Å². The number of aliphatic hydroxyl groups is 1. The molecule has 6 nitrogen and oxygen atoms in total. The van der Waals surface area contributed by atoms with Gasteiger partial charge in [0.25, 0.3) is 0 Å². The van der Waals surface area contributed by atoms with Crippen molar-refractivity contribution >= 4 is 11.8 Å². The fourth-order valence-electron chi connectivity index (χ4n) is 3.25. The lowest BCUT2D eigenvalue weighted by Gasteiger charge is -2.28. The van der Waals surface area contributed by atoms with E-state index in [1.54, 1.807) is 7.11 Å². The molecule has 2 unspecified atom stereocenters. The third kappa shape index (κ3) is 4.72. The van der Waals surface area contributed by atoms with Crippen LogP contribution in [0.2, 0.25) is 0 Å². The molecule has 0 radical (unpaired) electrons. The number of methoxy groups -OCH3 is 1. The molecule has 2 atom stereocenters. The summed E-state index contributed by atoms with van der Waals surface area (Å²) in [6, 6.07) is 7.32. The van der Waals surface area contributed by atoms with E-state index in [9.17, 15) is 9.59 Å². The molecular formula is C19H28N2O4. The molecule has 6 heteroatoms. The van der Waals surface area contributed by atoms with E-state index < -0.39 is 5.92 Å². The molecule has 0 spiro atoms. The van der Waals surface area contributed by atoms with Crippen molar-refractivity contribution in [2.24, 2.45) is 5.92 Å². The average Bonchev–Trinajstić information content (AvgIpc) is 2.96. The van der Waals surface area contributed by atoms with Crippen molar-refractivity contribution in [2.45, 2.75) is 38.6 Å². The standard InChI is InChI=1S/C19H28N2O4/c1-3-4-11-21-17(23)13-16(19(24)20-10-5-12-22)18(21)14-6-8-15(25-2)9-7-14/h6-9,16,18,22H,3-5,10-13H2,1-2H3,(H,20,24). The van der Waals surface area contributed by atoms with Gasteiger partial charge in [0.05, 0.1) is 19.1 Å². The number of nitrogens with one attached hydrogen (secondary N) is 1. The molecule has 2 amide bonds. The van der Waals surface area contributed by atoms with Crippen molar-refractivity contribution in [3.8, 4) is 5.75 Å². The summed E-state index contributed by atoms with van der Waals surface area (Å²) >= 11 is 0. The normalized spacial score (nSPS) is 20.0. The number of unbranched alkanes of at least 4 members (excludes halogenated alkanes) is 1. The van der Waals surface area contributed by atoms with Gasteiger partial charge in [0, 0.05) is 26.1 Å². The van der Waals surface area contributed by atoms with Gasteiger partial charge in [-0.05, 0) is 30.5 Å². The largest absolute Gasteiger partial charge is 0.497 e. The summed E-state index contributed by atoms with van der Waals surface area (Å²) in [5, 5.41) is 11.7. The first kappa shape index (κ1) is 19.2. The van der Waals surface area contributed by atoms with E-state index >= 15 is 0 Å². The first-order valence-electron chi connectivity index (χ1n) is 8.94. The van der Waals surface area contributed by atoms with Crippen molar-refractivity contribution in [1.29, 1.82) is 0 Å². The van der Waals surface area contributed by atoms with Gasteiger partial charge in [0.2, 0.25) is 11.8 Å². The van der Waals surface area contributed by atoms with Crippen LogP contribution in [-0.4, -0.2) is 48.6 Å². The van der Waals surface area contributed by atoms with Crippen LogP contribution in [0.1, 0.15) is 44.2 Å². The van der Waals surface area contributed by atoms with E-state index in [-0.39, 0.29) is 30.9 Å². The number of aliphatic hydroxyl groups excluding tert-OH is 1. The molecule has 0 aromatic heterocycles. The maximum Gasteiger partial charge on any atom is 0.226 e. The maximum atomic E-state index is 12.6. The Bertz CT molecular complexity index is 573. The lowest BCUT2D eigenvalue weighted by molar-refractivity contribution is -0.129. The number of hydrogen-bond donors (Lipinski definition) is 2. The minimum Gasteiger partial charge on any atom is -0.497 e. The molecule has 138 valence electrons. The Morgan fingerprint density at radius 1 is 1.32 bits per heavy atom. The van der Waals surface area contributed by atoms with Gasteiger partial charge in [0.1, 0.15) is 5.75 Å². The van der Waals surface area contributed by atoms with Crippen LogP contribution in [0.3, 0.4) is 0 Å². The predicted molar refractivity (Wildman–Crippen MR) is 95.2 cm³/mol. The van der Waals surface area contributed by atoms with Gasteiger partial charge < -0.3 is 20.1 Å². The van der Waals surface area contributed by atoms with Crippen molar-refractivity contribution in [3.63, 3.8) is 0 Å². The number of benzene rings is 1. The zero-order valence-corrected chi connectivity index (χ0v) is 15.0. The molecule has 0 saturated carbocycles. The number of nitrogens with zero attached hydrogens (tertiary/aromatic N) is 1. The summed E-state index contributed by atoms with van der Waals surface area (Å²) in [6.45, 7) is 3.20. The molecule has 0 bridgehead atoms. The summed E-state index contributed by atoms with van der Waals surface area (Å²) in [6.07, 6.45) is 2.65.